The molecule has 1 aromatic carbocycles. The maximum absolute atomic E-state index is 12.1. The van der Waals surface area contributed by atoms with Gasteiger partial charge in [0.2, 0.25) is 0 Å². The fourth-order valence-corrected chi connectivity index (χ4v) is 3.46. The molecule has 1 atom stereocenters. The number of piperidine rings is 1. The molecule has 0 bridgehead atoms. The molecule has 5 nitrogen and oxygen atoms in total. The molecule has 0 radical (unpaired) electrons. The third-order valence-electron chi connectivity index (χ3n) is 3.59. The van der Waals surface area contributed by atoms with E-state index in [0.717, 1.165) is 25.9 Å². The van der Waals surface area contributed by atoms with Crippen molar-refractivity contribution in [1.82, 2.24) is 5.32 Å². The van der Waals surface area contributed by atoms with Crippen LogP contribution in [0, 0.1) is 17.2 Å². The largest absolute Gasteiger partial charge is 0.380 e. The molecule has 1 unspecified atom stereocenters. The average Bonchev–Trinajstić information content (AvgIpc) is 2.53. The first-order valence-corrected chi connectivity index (χ1v) is 8.78. The summed E-state index contributed by atoms with van der Waals surface area (Å²) in [5, 5.41) is 12.0. The van der Waals surface area contributed by atoms with Gasteiger partial charge in [0, 0.05) is 6.54 Å². The summed E-state index contributed by atoms with van der Waals surface area (Å²) in [6.07, 6.45) is 2.28. The van der Waals surface area contributed by atoms with Crippen molar-refractivity contribution in [1.29, 1.82) is 5.26 Å². The first kappa shape index (κ1) is 16.0. The topological polar surface area (TPSA) is 79.2 Å². The van der Waals surface area contributed by atoms with Gasteiger partial charge < -0.3 is 10.1 Å². The maximum Gasteiger partial charge on any atom is 0.180 e. The van der Waals surface area contributed by atoms with Gasteiger partial charge in [0.1, 0.15) is 0 Å². The highest BCUT2D eigenvalue weighted by Crippen LogP contribution is 2.13. The monoisotopic (exact) mass is 308 g/mol. The quantitative estimate of drug-likeness (QED) is 0.803. The van der Waals surface area contributed by atoms with Crippen LogP contribution in [0.5, 0.6) is 0 Å². The Morgan fingerprint density at radius 3 is 2.71 bits per heavy atom. The Morgan fingerprint density at radius 1 is 1.33 bits per heavy atom. The van der Waals surface area contributed by atoms with Gasteiger partial charge in [-0.1, -0.05) is 0 Å². The Labute approximate surface area is 125 Å². The summed E-state index contributed by atoms with van der Waals surface area (Å²) < 4.78 is 29.7. The van der Waals surface area contributed by atoms with E-state index >= 15 is 0 Å². The van der Waals surface area contributed by atoms with Crippen LogP contribution in [0.2, 0.25) is 0 Å². The van der Waals surface area contributed by atoms with Gasteiger partial charge in [0.15, 0.2) is 9.84 Å². The minimum atomic E-state index is -3.34. The predicted molar refractivity (Wildman–Crippen MR) is 79.6 cm³/mol. The molecule has 1 aliphatic heterocycles. The Hall–Kier alpha value is -1.42. The Bertz CT molecular complexity index is 584. The van der Waals surface area contributed by atoms with Crippen molar-refractivity contribution >= 4 is 9.84 Å². The Balaban J connectivity index is 1.79. The first-order valence-electron chi connectivity index (χ1n) is 7.13. The third kappa shape index (κ3) is 4.81. The molecular weight excluding hydrogens is 288 g/mol. The molecule has 2 rings (SSSR count). The second kappa shape index (κ2) is 7.55. The first-order chi connectivity index (χ1) is 10.1. The van der Waals surface area contributed by atoms with Gasteiger partial charge in [-0.2, -0.15) is 5.26 Å². The van der Waals surface area contributed by atoms with Gasteiger partial charge in [-0.15, -0.1) is 0 Å². The zero-order valence-corrected chi connectivity index (χ0v) is 12.7. The summed E-state index contributed by atoms with van der Waals surface area (Å²) in [5.74, 6) is 0.454. The van der Waals surface area contributed by atoms with Crippen LogP contribution in [0.3, 0.4) is 0 Å². The third-order valence-corrected chi connectivity index (χ3v) is 5.29. The fraction of sp³-hybridized carbons (Fsp3) is 0.533. The molecule has 1 saturated heterocycles. The second-order valence-corrected chi connectivity index (χ2v) is 7.35. The number of nitrogens with one attached hydrogen (secondary N) is 1. The normalized spacial score (nSPS) is 19.1. The van der Waals surface area contributed by atoms with Crippen LogP contribution in [0.25, 0.3) is 0 Å². The fourth-order valence-electron chi connectivity index (χ4n) is 2.34. The van der Waals surface area contributed by atoms with Crippen molar-refractivity contribution in [3.63, 3.8) is 0 Å². The van der Waals surface area contributed by atoms with E-state index in [0.29, 0.717) is 18.1 Å². The minimum Gasteiger partial charge on any atom is -0.380 e. The molecule has 1 heterocycles. The van der Waals surface area contributed by atoms with Crippen molar-refractivity contribution in [2.75, 3.05) is 32.1 Å². The van der Waals surface area contributed by atoms with Gasteiger partial charge in [-0.25, -0.2) is 8.42 Å². The second-order valence-electron chi connectivity index (χ2n) is 5.24. The molecule has 0 saturated carbocycles. The lowest BCUT2D eigenvalue weighted by Gasteiger charge is -2.22. The molecule has 0 amide bonds. The van der Waals surface area contributed by atoms with Crippen molar-refractivity contribution in [2.45, 2.75) is 17.7 Å². The zero-order valence-electron chi connectivity index (χ0n) is 11.9. The van der Waals surface area contributed by atoms with E-state index in [1.54, 1.807) is 0 Å². The van der Waals surface area contributed by atoms with Crippen LogP contribution >= 0.6 is 0 Å². The molecule has 1 aromatic rings. The number of ether oxygens (including phenoxy) is 1. The average molecular weight is 308 g/mol. The van der Waals surface area contributed by atoms with E-state index in [-0.39, 0.29) is 17.3 Å². The van der Waals surface area contributed by atoms with Crippen LogP contribution in [0.15, 0.2) is 29.2 Å². The highest BCUT2D eigenvalue weighted by molar-refractivity contribution is 7.91. The van der Waals surface area contributed by atoms with Crippen molar-refractivity contribution in [2.24, 2.45) is 5.92 Å². The Kier molecular flexibility index (Phi) is 5.74. The number of hydrogen-bond donors (Lipinski definition) is 1. The van der Waals surface area contributed by atoms with Crippen molar-refractivity contribution < 1.29 is 13.2 Å². The minimum absolute atomic E-state index is 0.0287. The van der Waals surface area contributed by atoms with E-state index in [2.05, 4.69) is 5.32 Å². The summed E-state index contributed by atoms with van der Waals surface area (Å²) in [4.78, 5) is 0.240. The standard InChI is InChI=1S/C15H20N2O3S/c16-10-13-3-5-15(6-4-13)21(18,19)9-8-20-12-14-2-1-7-17-11-14/h3-6,14,17H,1-2,7-9,11-12H2. The van der Waals surface area contributed by atoms with Gasteiger partial charge >= 0.3 is 0 Å². The summed E-state index contributed by atoms with van der Waals surface area (Å²) in [7, 11) is -3.34. The molecule has 21 heavy (non-hydrogen) atoms. The van der Waals surface area contributed by atoms with Crippen LogP contribution in [-0.4, -0.2) is 40.5 Å². The number of benzene rings is 1. The SMILES string of the molecule is N#Cc1ccc(S(=O)(=O)CCOCC2CCCNC2)cc1. The number of nitriles is 1. The molecule has 1 N–H and O–H groups in total. The van der Waals surface area contributed by atoms with E-state index in [9.17, 15) is 8.42 Å². The molecular formula is C15H20N2O3S. The Morgan fingerprint density at radius 2 is 2.10 bits per heavy atom. The predicted octanol–water partition coefficient (Wildman–Crippen LogP) is 1.35. The van der Waals surface area contributed by atoms with Crippen LogP contribution in [0.4, 0.5) is 0 Å². The van der Waals surface area contributed by atoms with Gasteiger partial charge in [0.25, 0.3) is 0 Å². The summed E-state index contributed by atoms with van der Waals surface area (Å²) in [5.41, 5.74) is 0.454. The number of nitrogens with zero attached hydrogens (tertiary/aromatic N) is 1. The molecule has 0 spiro atoms. The van der Waals surface area contributed by atoms with E-state index < -0.39 is 9.84 Å². The lowest BCUT2D eigenvalue weighted by atomic mass is 10.0. The zero-order chi connectivity index (χ0) is 15.1. The molecule has 1 aliphatic rings. The smallest absolute Gasteiger partial charge is 0.180 e. The van der Waals surface area contributed by atoms with E-state index in [1.807, 2.05) is 6.07 Å². The van der Waals surface area contributed by atoms with Gasteiger partial charge in [0.05, 0.1) is 35.5 Å². The summed E-state index contributed by atoms with van der Waals surface area (Å²) in [6, 6.07) is 7.94. The maximum atomic E-state index is 12.1. The lowest BCUT2D eigenvalue weighted by molar-refractivity contribution is 0.101. The molecule has 6 heteroatoms. The van der Waals surface area contributed by atoms with Gasteiger partial charge in [-0.3, -0.25) is 0 Å². The molecule has 1 fully saturated rings. The van der Waals surface area contributed by atoms with Crippen LogP contribution in [-0.2, 0) is 14.6 Å². The number of hydrogen-bond acceptors (Lipinski definition) is 5. The number of rotatable bonds is 6. The molecule has 0 aliphatic carbocycles. The van der Waals surface area contributed by atoms with Gasteiger partial charge in [-0.05, 0) is 49.6 Å². The lowest BCUT2D eigenvalue weighted by Crippen LogP contribution is -2.32. The summed E-state index contributed by atoms with van der Waals surface area (Å²) >= 11 is 0. The van der Waals surface area contributed by atoms with E-state index in [1.165, 1.54) is 24.3 Å². The van der Waals surface area contributed by atoms with Crippen molar-refractivity contribution in [3.05, 3.63) is 29.8 Å². The number of sulfone groups is 1. The highest BCUT2D eigenvalue weighted by atomic mass is 32.2. The van der Waals surface area contributed by atoms with Crippen LogP contribution in [0.1, 0.15) is 18.4 Å². The van der Waals surface area contributed by atoms with E-state index in [4.69, 9.17) is 10.00 Å². The highest BCUT2D eigenvalue weighted by Gasteiger charge is 2.16. The molecule has 114 valence electrons. The van der Waals surface area contributed by atoms with Crippen LogP contribution < -0.4 is 5.32 Å². The molecule has 0 aromatic heterocycles. The van der Waals surface area contributed by atoms with Crippen molar-refractivity contribution in [3.8, 4) is 6.07 Å². The summed E-state index contributed by atoms with van der Waals surface area (Å²) in [6.45, 7) is 2.82.